The zero-order valence-corrected chi connectivity index (χ0v) is 13.4. The van der Waals surface area contributed by atoms with E-state index in [9.17, 15) is 9.18 Å². The Bertz CT molecular complexity index is 724. The van der Waals surface area contributed by atoms with Gasteiger partial charge < -0.3 is 4.74 Å². The van der Waals surface area contributed by atoms with E-state index in [1.807, 2.05) is 32.0 Å². The van der Waals surface area contributed by atoms with Gasteiger partial charge in [0.25, 0.3) is 5.91 Å². The molecule has 0 heterocycles. The maximum Gasteiger partial charge on any atom is 0.277 e. The van der Waals surface area contributed by atoms with Gasteiger partial charge in [-0.15, -0.1) is 0 Å². The van der Waals surface area contributed by atoms with Crippen LogP contribution in [0.1, 0.15) is 23.6 Å². The third-order valence-electron chi connectivity index (χ3n) is 3.46. The summed E-state index contributed by atoms with van der Waals surface area (Å²) in [5, 5.41) is 3.98. The van der Waals surface area contributed by atoms with Gasteiger partial charge in [0.05, 0.1) is 5.71 Å². The van der Waals surface area contributed by atoms with Crippen LogP contribution in [-0.4, -0.2) is 18.2 Å². The third-order valence-corrected chi connectivity index (χ3v) is 3.46. The largest absolute Gasteiger partial charge is 0.484 e. The van der Waals surface area contributed by atoms with Gasteiger partial charge in [0.15, 0.2) is 6.61 Å². The van der Waals surface area contributed by atoms with E-state index in [0.29, 0.717) is 11.5 Å². The Morgan fingerprint density at radius 1 is 1.13 bits per heavy atom. The molecule has 1 N–H and O–H groups in total. The van der Waals surface area contributed by atoms with E-state index in [1.165, 1.54) is 17.7 Å². The number of nitrogens with one attached hydrogen (secondary N) is 1. The molecule has 0 radical (unpaired) electrons. The van der Waals surface area contributed by atoms with Crippen LogP contribution in [0.3, 0.4) is 0 Å². The summed E-state index contributed by atoms with van der Waals surface area (Å²) in [7, 11) is 0. The number of carbonyl (C=O) groups excluding carboxylic acids is 1. The molecule has 2 aromatic carbocycles. The Labute approximate surface area is 135 Å². The van der Waals surface area contributed by atoms with Crippen LogP contribution in [0, 0.1) is 19.7 Å². The molecule has 2 rings (SSSR count). The molecule has 0 saturated carbocycles. The van der Waals surface area contributed by atoms with E-state index in [0.717, 1.165) is 11.1 Å². The summed E-state index contributed by atoms with van der Waals surface area (Å²) in [5.41, 5.74) is 6.02. The van der Waals surface area contributed by atoms with Crippen LogP contribution in [0.5, 0.6) is 5.75 Å². The number of ether oxygens (including phenoxy) is 1. The van der Waals surface area contributed by atoms with Crippen molar-refractivity contribution < 1.29 is 13.9 Å². The molecular formula is C18H19FN2O2. The molecule has 0 aliphatic heterocycles. The number of benzene rings is 2. The predicted octanol–water partition coefficient (Wildman–Crippen LogP) is 3.36. The lowest BCUT2D eigenvalue weighted by Crippen LogP contribution is -2.25. The lowest BCUT2D eigenvalue weighted by molar-refractivity contribution is -0.123. The molecule has 0 aromatic heterocycles. The van der Waals surface area contributed by atoms with E-state index in [-0.39, 0.29) is 18.3 Å². The smallest absolute Gasteiger partial charge is 0.277 e. The SMILES string of the molecule is C/C(=N\NC(=O)COc1ccc(C)c(C)c1)c1ccc(F)cc1. The first-order valence-electron chi connectivity index (χ1n) is 7.25. The van der Waals surface area contributed by atoms with Crippen molar-refractivity contribution in [2.24, 2.45) is 5.10 Å². The van der Waals surface area contributed by atoms with E-state index >= 15 is 0 Å². The van der Waals surface area contributed by atoms with E-state index in [1.54, 1.807) is 19.1 Å². The minimum absolute atomic E-state index is 0.122. The highest BCUT2D eigenvalue weighted by Gasteiger charge is 2.04. The summed E-state index contributed by atoms with van der Waals surface area (Å²) in [4.78, 5) is 11.8. The molecule has 1 amide bonds. The van der Waals surface area contributed by atoms with Crippen molar-refractivity contribution in [3.05, 3.63) is 65.0 Å². The summed E-state index contributed by atoms with van der Waals surface area (Å²) < 4.78 is 18.3. The third kappa shape index (κ3) is 4.92. The molecule has 5 heteroatoms. The number of amides is 1. The minimum atomic E-state index is -0.357. The fourth-order valence-electron chi connectivity index (χ4n) is 1.89. The Kier molecular flexibility index (Phi) is 5.46. The van der Waals surface area contributed by atoms with Crippen LogP contribution in [0.15, 0.2) is 47.6 Å². The fraction of sp³-hybridized carbons (Fsp3) is 0.222. The number of halogens is 1. The van der Waals surface area contributed by atoms with Crippen molar-refractivity contribution in [2.75, 3.05) is 6.61 Å². The van der Waals surface area contributed by atoms with Crippen LogP contribution < -0.4 is 10.2 Å². The zero-order valence-electron chi connectivity index (χ0n) is 13.4. The monoisotopic (exact) mass is 314 g/mol. The second-order valence-electron chi connectivity index (χ2n) is 5.27. The molecule has 0 fully saturated rings. The topological polar surface area (TPSA) is 50.7 Å². The molecule has 0 bridgehead atoms. The first-order valence-corrected chi connectivity index (χ1v) is 7.25. The Morgan fingerprint density at radius 3 is 2.48 bits per heavy atom. The summed E-state index contributed by atoms with van der Waals surface area (Å²) in [6, 6.07) is 11.5. The number of hydrogen-bond acceptors (Lipinski definition) is 3. The number of aryl methyl sites for hydroxylation is 2. The highest BCUT2D eigenvalue weighted by molar-refractivity contribution is 5.99. The summed E-state index contributed by atoms with van der Waals surface area (Å²) in [6.45, 7) is 5.61. The average molecular weight is 314 g/mol. The molecule has 0 atom stereocenters. The van der Waals surface area contributed by atoms with Gasteiger partial charge in [-0.05, 0) is 61.7 Å². The van der Waals surface area contributed by atoms with Crippen molar-refractivity contribution in [3.8, 4) is 5.75 Å². The van der Waals surface area contributed by atoms with Crippen LogP contribution in [0.2, 0.25) is 0 Å². The summed E-state index contributed by atoms with van der Waals surface area (Å²) in [6.07, 6.45) is 0. The molecule has 23 heavy (non-hydrogen) atoms. The van der Waals surface area contributed by atoms with Gasteiger partial charge in [-0.1, -0.05) is 18.2 Å². The number of rotatable bonds is 5. The molecule has 0 aliphatic rings. The number of nitrogens with zero attached hydrogens (tertiary/aromatic N) is 1. The molecule has 0 unspecified atom stereocenters. The molecular weight excluding hydrogens is 295 g/mol. The van der Waals surface area contributed by atoms with E-state index in [2.05, 4.69) is 10.5 Å². The van der Waals surface area contributed by atoms with Gasteiger partial charge >= 0.3 is 0 Å². The van der Waals surface area contributed by atoms with Crippen molar-refractivity contribution in [2.45, 2.75) is 20.8 Å². The van der Waals surface area contributed by atoms with Gasteiger partial charge in [-0.2, -0.15) is 5.10 Å². The van der Waals surface area contributed by atoms with Crippen LogP contribution >= 0.6 is 0 Å². The van der Waals surface area contributed by atoms with Gasteiger partial charge in [-0.25, -0.2) is 9.82 Å². The molecule has 0 saturated heterocycles. The zero-order chi connectivity index (χ0) is 16.8. The lowest BCUT2D eigenvalue weighted by atomic mass is 10.1. The Hall–Kier alpha value is -2.69. The Morgan fingerprint density at radius 2 is 1.83 bits per heavy atom. The highest BCUT2D eigenvalue weighted by atomic mass is 19.1. The molecule has 4 nitrogen and oxygen atoms in total. The number of hydrazone groups is 1. The van der Waals surface area contributed by atoms with Crippen molar-refractivity contribution in [1.29, 1.82) is 0 Å². The quantitative estimate of drug-likeness (QED) is 0.679. The van der Waals surface area contributed by atoms with Gasteiger partial charge in [0.2, 0.25) is 0 Å². The molecule has 0 spiro atoms. The normalized spacial score (nSPS) is 11.2. The molecule has 2 aromatic rings. The van der Waals surface area contributed by atoms with Crippen molar-refractivity contribution in [1.82, 2.24) is 5.43 Å². The van der Waals surface area contributed by atoms with Crippen LogP contribution in [0.25, 0.3) is 0 Å². The molecule has 0 aliphatic carbocycles. The first-order chi connectivity index (χ1) is 11.0. The standard InChI is InChI=1S/C18H19FN2O2/c1-12-4-9-17(10-13(12)2)23-11-18(22)21-20-14(3)15-5-7-16(19)8-6-15/h4-10H,11H2,1-3H3,(H,21,22)/b20-14+. The minimum Gasteiger partial charge on any atom is -0.484 e. The Balaban J connectivity index is 1.88. The van der Waals surface area contributed by atoms with Crippen molar-refractivity contribution in [3.63, 3.8) is 0 Å². The lowest BCUT2D eigenvalue weighted by Gasteiger charge is -2.08. The first kappa shape index (κ1) is 16.7. The molecule has 120 valence electrons. The predicted molar refractivity (Wildman–Crippen MR) is 88.2 cm³/mol. The number of carbonyl (C=O) groups is 1. The number of hydrogen-bond donors (Lipinski definition) is 1. The van der Waals surface area contributed by atoms with Gasteiger partial charge in [0.1, 0.15) is 11.6 Å². The maximum atomic E-state index is 12.9. The summed E-state index contributed by atoms with van der Waals surface area (Å²) >= 11 is 0. The highest BCUT2D eigenvalue weighted by Crippen LogP contribution is 2.16. The van der Waals surface area contributed by atoms with Crippen molar-refractivity contribution >= 4 is 11.6 Å². The van der Waals surface area contributed by atoms with E-state index in [4.69, 9.17) is 4.74 Å². The van der Waals surface area contributed by atoms with Gasteiger partial charge in [-0.3, -0.25) is 4.79 Å². The fourth-order valence-corrected chi connectivity index (χ4v) is 1.89. The second-order valence-corrected chi connectivity index (χ2v) is 5.27. The average Bonchev–Trinajstić information content (AvgIpc) is 2.54. The maximum absolute atomic E-state index is 12.9. The van der Waals surface area contributed by atoms with Gasteiger partial charge in [0, 0.05) is 0 Å². The van der Waals surface area contributed by atoms with Crippen LogP contribution in [0.4, 0.5) is 4.39 Å². The van der Waals surface area contributed by atoms with E-state index < -0.39 is 0 Å². The second kappa shape index (κ2) is 7.54. The van der Waals surface area contributed by atoms with Crippen LogP contribution in [-0.2, 0) is 4.79 Å². The summed E-state index contributed by atoms with van der Waals surface area (Å²) in [5.74, 6) is -0.0282.